The third kappa shape index (κ3) is 4.85. The Morgan fingerprint density at radius 3 is 2.46 bits per heavy atom. The number of fused-ring (bicyclic) bond motifs is 3. The second-order valence-electron chi connectivity index (χ2n) is 11.5. The molecule has 3 heterocycles. The number of hydrogen-bond acceptors (Lipinski definition) is 5. The van der Waals surface area contributed by atoms with Crippen molar-refractivity contribution in [1.29, 1.82) is 0 Å². The molecule has 0 spiro atoms. The zero-order valence-corrected chi connectivity index (χ0v) is 23.2. The Hall–Kier alpha value is -3.56. The minimum absolute atomic E-state index is 0.0365. The van der Waals surface area contributed by atoms with Crippen LogP contribution in [0.1, 0.15) is 58.1 Å². The summed E-state index contributed by atoms with van der Waals surface area (Å²) in [5, 5.41) is 10.3. The molecule has 208 valence electrons. The molecule has 2 saturated heterocycles. The highest BCUT2D eigenvalue weighted by molar-refractivity contribution is 5.95. The minimum Gasteiger partial charge on any atom is -0.368 e. The molecule has 39 heavy (non-hydrogen) atoms. The highest BCUT2D eigenvalue weighted by Gasteiger charge is 2.50. The van der Waals surface area contributed by atoms with Gasteiger partial charge in [-0.15, -0.1) is 0 Å². The van der Waals surface area contributed by atoms with Crippen LogP contribution in [0.5, 0.6) is 0 Å². The van der Waals surface area contributed by atoms with Gasteiger partial charge in [0.15, 0.2) is 5.69 Å². The topological polar surface area (TPSA) is 103 Å². The third-order valence-electron chi connectivity index (χ3n) is 9.23. The number of aromatic nitrogens is 2. The highest BCUT2D eigenvalue weighted by Crippen LogP contribution is 2.57. The largest absolute Gasteiger partial charge is 0.368 e. The van der Waals surface area contributed by atoms with E-state index in [1.165, 1.54) is 16.8 Å². The minimum atomic E-state index is -0.188. The van der Waals surface area contributed by atoms with E-state index >= 15 is 0 Å². The van der Waals surface area contributed by atoms with E-state index in [4.69, 9.17) is 5.10 Å². The SMILES string of the molecule is CNC(=O)NC1CCN(C(=O)c2nn(CC(=O)N3CCN(c4cccc(C)c4C)CC3)c3c2[C@@H]2C[C@@H]2C3)CC1. The summed E-state index contributed by atoms with van der Waals surface area (Å²) in [5.41, 5.74) is 6.54. The Morgan fingerprint density at radius 1 is 1.00 bits per heavy atom. The highest BCUT2D eigenvalue weighted by atomic mass is 16.2. The van der Waals surface area contributed by atoms with Crippen molar-refractivity contribution in [2.24, 2.45) is 5.92 Å². The summed E-state index contributed by atoms with van der Waals surface area (Å²) >= 11 is 0. The lowest BCUT2D eigenvalue weighted by molar-refractivity contribution is -0.132. The number of likely N-dealkylation sites (tertiary alicyclic amines) is 1. The summed E-state index contributed by atoms with van der Waals surface area (Å²) in [7, 11) is 1.60. The first-order chi connectivity index (χ1) is 18.8. The van der Waals surface area contributed by atoms with Crippen LogP contribution in [0.4, 0.5) is 10.5 Å². The van der Waals surface area contributed by atoms with Gasteiger partial charge < -0.3 is 25.3 Å². The molecule has 2 aliphatic carbocycles. The van der Waals surface area contributed by atoms with Gasteiger partial charge in [-0.2, -0.15) is 5.10 Å². The van der Waals surface area contributed by atoms with E-state index in [0.29, 0.717) is 43.7 Å². The molecule has 1 saturated carbocycles. The maximum atomic E-state index is 13.6. The van der Waals surface area contributed by atoms with E-state index in [2.05, 4.69) is 47.6 Å². The van der Waals surface area contributed by atoms with Crippen molar-refractivity contribution in [2.45, 2.75) is 58.0 Å². The monoisotopic (exact) mass is 533 g/mol. The predicted molar refractivity (Wildman–Crippen MR) is 148 cm³/mol. The summed E-state index contributed by atoms with van der Waals surface area (Å²) in [6.07, 6.45) is 3.47. The lowest BCUT2D eigenvalue weighted by Crippen LogP contribution is -2.50. The predicted octanol–water partition coefficient (Wildman–Crippen LogP) is 2.04. The van der Waals surface area contributed by atoms with Gasteiger partial charge in [0.2, 0.25) is 5.91 Å². The Bertz CT molecular complexity index is 1290. The van der Waals surface area contributed by atoms with E-state index < -0.39 is 0 Å². The van der Waals surface area contributed by atoms with E-state index in [1.54, 1.807) is 7.05 Å². The summed E-state index contributed by atoms with van der Waals surface area (Å²) in [6.45, 7) is 8.66. The maximum Gasteiger partial charge on any atom is 0.314 e. The van der Waals surface area contributed by atoms with E-state index in [-0.39, 0.29) is 30.4 Å². The number of amides is 4. The summed E-state index contributed by atoms with van der Waals surface area (Å²) < 4.78 is 1.83. The molecule has 10 heteroatoms. The summed E-state index contributed by atoms with van der Waals surface area (Å²) in [6, 6.07) is 6.28. The number of carbonyl (C=O) groups excluding carboxylic acids is 3. The van der Waals surface area contributed by atoms with Crippen molar-refractivity contribution < 1.29 is 14.4 Å². The third-order valence-corrected chi connectivity index (χ3v) is 9.23. The lowest BCUT2D eigenvalue weighted by Gasteiger charge is -2.37. The molecule has 2 aliphatic heterocycles. The standard InChI is InChI=1S/C29H39N7O3/c1-18-5-4-6-23(19(18)2)33-11-13-34(14-12-33)25(37)17-36-24-16-20-15-22(20)26(24)27(32-36)28(38)35-9-7-21(8-10-35)31-29(39)30-3/h4-6,20-22H,7-17H2,1-3H3,(H2,30,31,39)/t20-,22-/m1/s1. The fourth-order valence-electron chi connectivity index (χ4n) is 6.62. The molecule has 2 N–H and O–H groups in total. The number of piperazine rings is 1. The van der Waals surface area contributed by atoms with Crippen LogP contribution in [0.3, 0.4) is 0 Å². The fraction of sp³-hybridized carbons (Fsp3) is 0.586. The smallest absolute Gasteiger partial charge is 0.314 e. The number of carbonyl (C=O) groups is 3. The first-order valence-electron chi connectivity index (χ1n) is 14.3. The van der Waals surface area contributed by atoms with Crippen LogP contribution in [0.15, 0.2) is 18.2 Å². The van der Waals surface area contributed by atoms with Crippen LogP contribution in [-0.4, -0.2) is 89.8 Å². The number of aryl methyl sites for hydroxylation is 1. The van der Waals surface area contributed by atoms with E-state index in [9.17, 15) is 14.4 Å². The first-order valence-corrected chi connectivity index (χ1v) is 14.3. The zero-order valence-electron chi connectivity index (χ0n) is 23.2. The Balaban J connectivity index is 1.10. The van der Waals surface area contributed by atoms with Crippen molar-refractivity contribution >= 4 is 23.5 Å². The van der Waals surface area contributed by atoms with Crippen molar-refractivity contribution in [3.63, 3.8) is 0 Å². The number of nitrogens with zero attached hydrogens (tertiary/aromatic N) is 5. The summed E-state index contributed by atoms with van der Waals surface area (Å²) in [5.74, 6) is 1.04. The van der Waals surface area contributed by atoms with Crippen LogP contribution in [0.2, 0.25) is 0 Å². The van der Waals surface area contributed by atoms with Gasteiger partial charge in [-0.05, 0) is 68.6 Å². The van der Waals surface area contributed by atoms with E-state index in [1.807, 2.05) is 14.5 Å². The van der Waals surface area contributed by atoms with Gasteiger partial charge in [0.1, 0.15) is 6.54 Å². The van der Waals surface area contributed by atoms with E-state index in [0.717, 1.165) is 50.0 Å². The molecule has 2 aromatic rings. The molecule has 1 aromatic heterocycles. The molecule has 2 atom stereocenters. The molecule has 0 bridgehead atoms. The molecule has 10 nitrogen and oxygen atoms in total. The number of anilines is 1. The van der Waals surface area contributed by atoms with Gasteiger partial charge in [0.25, 0.3) is 5.91 Å². The number of hydrogen-bond donors (Lipinski definition) is 2. The number of piperidine rings is 1. The Kier molecular flexibility index (Phi) is 6.72. The molecule has 0 radical (unpaired) electrons. The van der Waals surface area contributed by atoms with Crippen molar-refractivity contribution in [1.82, 2.24) is 30.2 Å². The average Bonchev–Trinajstić information content (AvgIpc) is 3.48. The molecular formula is C29H39N7O3. The summed E-state index contributed by atoms with van der Waals surface area (Å²) in [4.78, 5) is 44.8. The van der Waals surface area contributed by atoms with Crippen LogP contribution >= 0.6 is 0 Å². The average molecular weight is 534 g/mol. The van der Waals surface area contributed by atoms with Crippen molar-refractivity contribution in [2.75, 3.05) is 51.2 Å². The first kappa shape index (κ1) is 25.7. The maximum absolute atomic E-state index is 13.6. The quantitative estimate of drug-likeness (QED) is 0.613. The second-order valence-corrected chi connectivity index (χ2v) is 11.5. The Morgan fingerprint density at radius 2 is 1.74 bits per heavy atom. The van der Waals surface area contributed by atoms with Crippen LogP contribution in [0, 0.1) is 19.8 Å². The molecular weight excluding hydrogens is 494 g/mol. The molecule has 6 rings (SSSR count). The van der Waals surface area contributed by atoms with Crippen molar-refractivity contribution in [3.8, 4) is 0 Å². The number of rotatable bonds is 5. The molecule has 4 aliphatic rings. The van der Waals surface area contributed by atoms with Gasteiger partial charge >= 0.3 is 6.03 Å². The van der Waals surface area contributed by atoms with Crippen molar-refractivity contribution in [3.05, 3.63) is 46.3 Å². The van der Waals surface area contributed by atoms with Gasteiger partial charge in [-0.3, -0.25) is 14.3 Å². The zero-order chi connectivity index (χ0) is 27.3. The molecule has 0 unspecified atom stereocenters. The lowest BCUT2D eigenvalue weighted by atomic mass is 10.0. The second kappa shape index (κ2) is 10.2. The Labute approximate surface area is 229 Å². The van der Waals surface area contributed by atoms with Crippen LogP contribution in [0.25, 0.3) is 0 Å². The van der Waals surface area contributed by atoms with Gasteiger partial charge in [0.05, 0.1) is 0 Å². The number of nitrogens with one attached hydrogen (secondary N) is 2. The molecule has 4 amide bonds. The van der Waals surface area contributed by atoms with Gasteiger partial charge in [-0.1, -0.05) is 12.1 Å². The molecule has 3 fully saturated rings. The number of urea groups is 1. The normalized spacial score (nSPS) is 22.4. The van der Waals surface area contributed by atoms with Crippen LogP contribution in [-0.2, 0) is 17.8 Å². The van der Waals surface area contributed by atoms with Gasteiger partial charge in [-0.25, -0.2) is 4.79 Å². The molecule has 1 aromatic carbocycles. The van der Waals surface area contributed by atoms with Crippen LogP contribution < -0.4 is 15.5 Å². The van der Waals surface area contributed by atoms with Gasteiger partial charge in [0, 0.05) is 69.3 Å². The fourth-order valence-corrected chi connectivity index (χ4v) is 6.62. The number of benzene rings is 1.